The van der Waals surface area contributed by atoms with Gasteiger partial charge in [0.05, 0.1) is 13.2 Å². The van der Waals surface area contributed by atoms with Crippen molar-refractivity contribution in [1.82, 2.24) is 5.23 Å². The van der Waals surface area contributed by atoms with Crippen molar-refractivity contribution in [1.29, 1.82) is 0 Å². The van der Waals surface area contributed by atoms with Crippen molar-refractivity contribution in [2.24, 2.45) is 0 Å². The van der Waals surface area contributed by atoms with Crippen LogP contribution in [0.1, 0.15) is 122 Å². The van der Waals surface area contributed by atoms with Crippen LogP contribution >= 0.6 is 0 Å². The van der Waals surface area contributed by atoms with Gasteiger partial charge in [0.25, 0.3) is 0 Å². The van der Waals surface area contributed by atoms with Crippen molar-refractivity contribution in [3.8, 4) is 0 Å². The number of ether oxygens (including phenoxy) is 1. The topological polar surface area (TPSA) is 61.8 Å². The summed E-state index contributed by atoms with van der Waals surface area (Å²) in [5.74, 6) is 0. The first-order valence-electron chi connectivity index (χ1n) is 12.4. The Labute approximate surface area is 180 Å². The highest BCUT2D eigenvalue weighted by Gasteiger charge is 1.96. The van der Waals surface area contributed by atoms with Crippen LogP contribution in [0.15, 0.2) is 0 Å². The molecule has 0 aliphatic rings. The van der Waals surface area contributed by atoms with Gasteiger partial charge in [-0.1, -0.05) is 103 Å². The molecule has 5 nitrogen and oxygen atoms in total. The summed E-state index contributed by atoms with van der Waals surface area (Å²) in [6.45, 7) is 3.98. The van der Waals surface area contributed by atoms with E-state index >= 15 is 0 Å². The summed E-state index contributed by atoms with van der Waals surface area (Å²) in [5.41, 5.74) is 0. The van der Waals surface area contributed by atoms with E-state index in [1.165, 1.54) is 96.3 Å². The standard InChI is InChI=1S/C24H48NO4/c1-2-3-4-5-6-7-8-9-10-11-12-13-14-15-16-19-22-28-23-24-29-25(27)20-17-18-21-26/h21H,2-20,22-24H2,1H3/q-1. The molecule has 0 saturated heterocycles. The summed E-state index contributed by atoms with van der Waals surface area (Å²) in [7, 11) is 0. The molecule has 0 bridgehead atoms. The summed E-state index contributed by atoms with van der Waals surface area (Å²) >= 11 is 0. The number of rotatable bonds is 25. The van der Waals surface area contributed by atoms with Gasteiger partial charge in [-0.15, -0.1) is 0 Å². The Balaban J connectivity index is 3.05. The summed E-state index contributed by atoms with van der Waals surface area (Å²) in [6.07, 6.45) is 23.6. The molecule has 0 radical (unpaired) electrons. The minimum absolute atomic E-state index is 0.234. The Bertz CT molecular complexity index is 315. The van der Waals surface area contributed by atoms with Crippen LogP contribution in [0, 0.1) is 5.21 Å². The van der Waals surface area contributed by atoms with Gasteiger partial charge < -0.3 is 19.6 Å². The minimum atomic E-state index is 0.234. The number of aldehydes is 1. The van der Waals surface area contributed by atoms with Crippen molar-refractivity contribution < 1.29 is 14.4 Å². The highest BCUT2D eigenvalue weighted by molar-refractivity contribution is 5.48. The maximum absolute atomic E-state index is 11.2. The van der Waals surface area contributed by atoms with Crippen LogP contribution in [-0.2, 0) is 14.4 Å². The van der Waals surface area contributed by atoms with E-state index in [1.54, 1.807) is 0 Å². The van der Waals surface area contributed by atoms with E-state index in [-0.39, 0.29) is 13.2 Å². The SMILES string of the molecule is CCCCCCCCCCCCCCCCCCOCCON([O-])CCCC=O. The molecular formula is C24H48NO4-. The van der Waals surface area contributed by atoms with Crippen molar-refractivity contribution in [2.45, 2.75) is 122 Å². The van der Waals surface area contributed by atoms with E-state index < -0.39 is 0 Å². The number of hydrogen-bond donors (Lipinski definition) is 0. The Morgan fingerprint density at radius 1 is 0.655 bits per heavy atom. The molecule has 0 rings (SSSR count). The molecule has 0 aliphatic carbocycles. The molecule has 0 aromatic heterocycles. The minimum Gasteiger partial charge on any atom is -0.762 e. The van der Waals surface area contributed by atoms with Crippen LogP contribution in [-0.4, -0.2) is 37.9 Å². The van der Waals surface area contributed by atoms with Crippen LogP contribution in [0.2, 0.25) is 0 Å². The Morgan fingerprint density at radius 3 is 1.62 bits per heavy atom. The summed E-state index contributed by atoms with van der Waals surface area (Å²) in [6, 6.07) is 0. The third-order valence-corrected chi connectivity index (χ3v) is 5.27. The molecule has 5 heteroatoms. The normalized spacial score (nSPS) is 11.4. The summed E-state index contributed by atoms with van der Waals surface area (Å²) in [5, 5.41) is 11.8. The lowest BCUT2D eigenvalue weighted by Crippen LogP contribution is -2.21. The molecule has 0 N–H and O–H groups in total. The second kappa shape index (κ2) is 25.5. The van der Waals surface area contributed by atoms with Gasteiger partial charge in [0, 0.05) is 19.6 Å². The first-order valence-corrected chi connectivity index (χ1v) is 12.4. The van der Waals surface area contributed by atoms with E-state index in [9.17, 15) is 10.0 Å². The quantitative estimate of drug-likeness (QED) is 0.0916. The number of carbonyl (C=O) groups is 1. The lowest BCUT2D eigenvalue weighted by atomic mass is 10.0. The third kappa shape index (κ3) is 25.5. The van der Waals surface area contributed by atoms with Gasteiger partial charge in [0.2, 0.25) is 0 Å². The van der Waals surface area contributed by atoms with E-state index in [2.05, 4.69) is 6.92 Å². The lowest BCUT2D eigenvalue weighted by molar-refractivity contribution is -0.135. The highest BCUT2D eigenvalue weighted by atomic mass is 16.9. The van der Waals surface area contributed by atoms with Crippen LogP contribution in [0.4, 0.5) is 0 Å². The molecule has 0 fully saturated rings. The second-order valence-electron chi connectivity index (χ2n) is 8.11. The largest absolute Gasteiger partial charge is 0.762 e. The monoisotopic (exact) mass is 414 g/mol. The van der Waals surface area contributed by atoms with Crippen LogP contribution in [0.25, 0.3) is 0 Å². The molecule has 0 heterocycles. The molecule has 174 valence electrons. The highest BCUT2D eigenvalue weighted by Crippen LogP contribution is 2.13. The number of nitrogens with zero attached hydrogens (tertiary/aromatic N) is 1. The maximum Gasteiger partial charge on any atom is 0.120 e. The molecular weight excluding hydrogens is 366 g/mol. The lowest BCUT2D eigenvalue weighted by Gasteiger charge is -2.26. The van der Waals surface area contributed by atoms with E-state index in [0.717, 1.165) is 19.3 Å². The van der Waals surface area contributed by atoms with Crippen LogP contribution in [0.3, 0.4) is 0 Å². The fraction of sp³-hybridized carbons (Fsp3) is 0.958. The molecule has 0 unspecified atom stereocenters. The van der Waals surface area contributed by atoms with Crippen molar-refractivity contribution in [3.05, 3.63) is 5.21 Å². The molecule has 0 saturated carbocycles. The molecule has 29 heavy (non-hydrogen) atoms. The number of carbonyl (C=O) groups excluding carboxylic acids is 1. The Morgan fingerprint density at radius 2 is 1.14 bits per heavy atom. The van der Waals surface area contributed by atoms with Gasteiger partial charge in [-0.3, -0.25) is 5.23 Å². The molecule has 0 aromatic rings. The van der Waals surface area contributed by atoms with Gasteiger partial charge >= 0.3 is 0 Å². The van der Waals surface area contributed by atoms with Gasteiger partial charge in [-0.25, -0.2) is 0 Å². The molecule has 0 spiro atoms. The predicted molar refractivity (Wildman–Crippen MR) is 122 cm³/mol. The zero-order valence-electron chi connectivity index (χ0n) is 19.2. The molecule has 0 atom stereocenters. The van der Waals surface area contributed by atoms with Gasteiger partial charge in [-0.2, -0.15) is 0 Å². The van der Waals surface area contributed by atoms with E-state index in [4.69, 9.17) is 9.57 Å². The molecule has 0 aromatic carbocycles. The fourth-order valence-corrected chi connectivity index (χ4v) is 3.42. The average Bonchev–Trinajstić information content (AvgIpc) is 2.72. The van der Waals surface area contributed by atoms with Crippen LogP contribution < -0.4 is 0 Å². The van der Waals surface area contributed by atoms with Crippen molar-refractivity contribution in [3.63, 3.8) is 0 Å². The second-order valence-corrected chi connectivity index (χ2v) is 8.11. The molecule has 0 amide bonds. The molecule has 0 aliphatic heterocycles. The Hall–Kier alpha value is -0.490. The first-order chi connectivity index (χ1) is 14.3. The predicted octanol–water partition coefficient (Wildman–Crippen LogP) is 6.98. The van der Waals surface area contributed by atoms with E-state index in [1.807, 2.05) is 0 Å². The van der Waals surface area contributed by atoms with Gasteiger partial charge in [-0.05, 0) is 12.8 Å². The fourth-order valence-electron chi connectivity index (χ4n) is 3.42. The van der Waals surface area contributed by atoms with Crippen molar-refractivity contribution in [2.75, 3.05) is 26.4 Å². The Kier molecular flexibility index (Phi) is 25.1. The smallest absolute Gasteiger partial charge is 0.120 e. The van der Waals surface area contributed by atoms with E-state index in [0.29, 0.717) is 24.7 Å². The number of hydrogen-bond acceptors (Lipinski definition) is 5. The first kappa shape index (κ1) is 28.5. The van der Waals surface area contributed by atoms with Gasteiger partial charge in [0.1, 0.15) is 6.29 Å². The zero-order valence-corrected chi connectivity index (χ0v) is 19.2. The maximum atomic E-state index is 11.2. The van der Waals surface area contributed by atoms with Gasteiger partial charge in [0.15, 0.2) is 0 Å². The average molecular weight is 415 g/mol. The third-order valence-electron chi connectivity index (χ3n) is 5.27. The van der Waals surface area contributed by atoms with Crippen molar-refractivity contribution >= 4 is 6.29 Å². The summed E-state index contributed by atoms with van der Waals surface area (Å²) < 4.78 is 5.48. The number of hydroxylamine groups is 2. The number of unbranched alkanes of at least 4 members (excludes halogenated alkanes) is 16. The zero-order chi connectivity index (χ0) is 21.3. The summed E-state index contributed by atoms with van der Waals surface area (Å²) in [4.78, 5) is 15.1. The van der Waals surface area contributed by atoms with Crippen LogP contribution in [0.5, 0.6) is 0 Å².